The highest BCUT2D eigenvalue weighted by Crippen LogP contribution is 2.17. The van der Waals surface area contributed by atoms with Gasteiger partial charge in [0.1, 0.15) is 12.1 Å². The molecule has 3 nitrogen and oxygen atoms in total. The van der Waals surface area contributed by atoms with Crippen LogP contribution in [0.3, 0.4) is 0 Å². The van der Waals surface area contributed by atoms with Crippen LogP contribution >= 0.6 is 0 Å². The van der Waals surface area contributed by atoms with Gasteiger partial charge >= 0.3 is 0 Å². The van der Waals surface area contributed by atoms with E-state index >= 15 is 0 Å². The summed E-state index contributed by atoms with van der Waals surface area (Å²) in [6, 6.07) is 1.84. The number of carbonyl (C=O) groups excluding carboxylic acids is 1. The fraction of sp³-hybridized carbons (Fsp3) is 0.545. The molecule has 0 spiro atoms. The van der Waals surface area contributed by atoms with Crippen LogP contribution in [-0.2, 0) is 11.2 Å². The van der Waals surface area contributed by atoms with Crippen molar-refractivity contribution in [3.63, 3.8) is 0 Å². The van der Waals surface area contributed by atoms with E-state index in [4.69, 9.17) is 0 Å². The van der Waals surface area contributed by atoms with E-state index in [-0.39, 0.29) is 11.2 Å². The molecular weight excluding hydrogens is 176 g/mol. The zero-order valence-corrected chi connectivity index (χ0v) is 8.95. The van der Waals surface area contributed by atoms with Crippen molar-refractivity contribution in [3.8, 4) is 0 Å². The molecule has 0 unspecified atom stereocenters. The lowest BCUT2D eigenvalue weighted by Gasteiger charge is -2.15. The van der Waals surface area contributed by atoms with E-state index in [0.717, 1.165) is 5.69 Å². The first-order valence-electron chi connectivity index (χ1n) is 4.78. The molecule has 0 saturated heterocycles. The Labute approximate surface area is 84.6 Å². The molecule has 0 aliphatic heterocycles. The summed E-state index contributed by atoms with van der Waals surface area (Å²) in [6.07, 6.45) is 4.47. The minimum absolute atomic E-state index is 0.243. The van der Waals surface area contributed by atoms with Crippen LogP contribution in [0.2, 0.25) is 0 Å². The Morgan fingerprint density at radius 3 is 2.64 bits per heavy atom. The van der Waals surface area contributed by atoms with Crippen LogP contribution in [0.1, 0.15) is 32.9 Å². The first-order valence-corrected chi connectivity index (χ1v) is 4.78. The smallest absolute Gasteiger partial charge is 0.138 e. The number of aromatic nitrogens is 2. The van der Waals surface area contributed by atoms with Crippen molar-refractivity contribution in [2.75, 3.05) is 0 Å². The first-order chi connectivity index (χ1) is 6.50. The molecule has 0 fully saturated rings. The maximum Gasteiger partial charge on any atom is 0.138 e. The van der Waals surface area contributed by atoms with E-state index in [1.165, 1.54) is 6.33 Å². The van der Waals surface area contributed by atoms with Crippen LogP contribution in [0, 0.1) is 5.41 Å². The minimum Gasteiger partial charge on any atom is -0.299 e. The summed E-state index contributed by atoms with van der Waals surface area (Å²) in [6.45, 7) is 5.82. The van der Waals surface area contributed by atoms with Crippen molar-refractivity contribution in [2.24, 2.45) is 5.41 Å². The molecular formula is C11H16N2O. The third-order valence-corrected chi connectivity index (χ3v) is 2.09. The number of hydrogen-bond donors (Lipinski definition) is 0. The first kappa shape index (κ1) is 10.8. The molecule has 1 heterocycles. The van der Waals surface area contributed by atoms with Gasteiger partial charge in [-0.1, -0.05) is 20.8 Å². The van der Waals surface area contributed by atoms with Crippen LogP contribution in [0.15, 0.2) is 18.6 Å². The van der Waals surface area contributed by atoms with E-state index < -0.39 is 0 Å². The molecule has 0 amide bonds. The lowest BCUT2D eigenvalue weighted by atomic mass is 9.88. The van der Waals surface area contributed by atoms with Crippen LogP contribution in [0.5, 0.6) is 0 Å². The van der Waals surface area contributed by atoms with Gasteiger partial charge in [-0.15, -0.1) is 0 Å². The maximum absolute atomic E-state index is 11.6. The molecule has 0 radical (unpaired) electrons. The average molecular weight is 192 g/mol. The second-order valence-corrected chi connectivity index (χ2v) is 4.37. The van der Waals surface area contributed by atoms with Gasteiger partial charge < -0.3 is 0 Å². The van der Waals surface area contributed by atoms with Crippen LogP contribution in [0.4, 0.5) is 0 Å². The topological polar surface area (TPSA) is 42.9 Å². The molecule has 0 aromatic carbocycles. The monoisotopic (exact) mass is 192 g/mol. The predicted octanol–water partition coefficient (Wildman–Crippen LogP) is 2.02. The van der Waals surface area contributed by atoms with Gasteiger partial charge in [0.15, 0.2) is 0 Å². The largest absolute Gasteiger partial charge is 0.299 e. The summed E-state index contributed by atoms with van der Waals surface area (Å²) in [5.74, 6) is 0.274. The Morgan fingerprint density at radius 2 is 2.14 bits per heavy atom. The predicted molar refractivity (Wildman–Crippen MR) is 54.8 cm³/mol. The van der Waals surface area contributed by atoms with Crippen molar-refractivity contribution in [1.29, 1.82) is 0 Å². The number of carbonyl (C=O) groups is 1. The van der Waals surface area contributed by atoms with Crippen molar-refractivity contribution in [3.05, 3.63) is 24.3 Å². The minimum atomic E-state index is -0.243. The standard InChI is InChI=1S/C11H16N2O/c1-11(2,3)10(14)5-4-9-6-7-12-8-13-9/h6-8H,4-5H2,1-3H3. The molecule has 0 N–H and O–H groups in total. The maximum atomic E-state index is 11.6. The highest BCUT2D eigenvalue weighted by molar-refractivity contribution is 5.83. The number of ketones is 1. The van der Waals surface area contributed by atoms with Gasteiger partial charge in [0.05, 0.1) is 0 Å². The zero-order valence-electron chi connectivity index (χ0n) is 8.95. The number of nitrogens with zero attached hydrogens (tertiary/aromatic N) is 2. The Kier molecular flexibility index (Phi) is 3.33. The molecule has 76 valence electrons. The van der Waals surface area contributed by atoms with Crippen LogP contribution in [0.25, 0.3) is 0 Å². The van der Waals surface area contributed by atoms with Gasteiger partial charge in [0.25, 0.3) is 0 Å². The molecule has 14 heavy (non-hydrogen) atoms. The lowest BCUT2D eigenvalue weighted by molar-refractivity contribution is -0.126. The molecule has 0 aliphatic rings. The molecule has 0 saturated carbocycles. The quantitative estimate of drug-likeness (QED) is 0.735. The second kappa shape index (κ2) is 4.31. The second-order valence-electron chi connectivity index (χ2n) is 4.37. The van der Waals surface area contributed by atoms with E-state index in [0.29, 0.717) is 12.8 Å². The van der Waals surface area contributed by atoms with Crippen molar-refractivity contribution < 1.29 is 4.79 Å². The summed E-state index contributed by atoms with van der Waals surface area (Å²) in [5, 5.41) is 0. The molecule has 0 atom stereocenters. The average Bonchev–Trinajstić information content (AvgIpc) is 2.14. The molecule has 0 aliphatic carbocycles. The molecule has 0 bridgehead atoms. The van der Waals surface area contributed by atoms with Crippen molar-refractivity contribution in [2.45, 2.75) is 33.6 Å². The van der Waals surface area contributed by atoms with Gasteiger partial charge in [-0.3, -0.25) is 4.79 Å². The molecule has 1 aromatic heterocycles. The van der Waals surface area contributed by atoms with E-state index in [1.54, 1.807) is 6.20 Å². The van der Waals surface area contributed by atoms with Gasteiger partial charge in [-0.05, 0) is 12.5 Å². The summed E-state index contributed by atoms with van der Waals surface area (Å²) in [4.78, 5) is 19.5. The summed E-state index contributed by atoms with van der Waals surface area (Å²) < 4.78 is 0. The summed E-state index contributed by atoms with van der Waals surface area (Å²) in [7, 11) is 0. The fourth-order valence-electron chi connectivity index (χ4n) is 1.08. The number of hydrogen-bond acceptors (Lipinski definition) is 3. The summed E-state index contributed by atoms with van der Waals surface area (Å²) in [5.41, 5.74) is 0.685. The van der Waals surface area contributed by atoms with Crippen LogP contribution in [-0.4, -0.2) is 15.8 Å². The van der Waals surface area contributed by atoms with Gasteiger partial charge in [0, 0.05) is 23.7 Å². The Bertz CT molecular complexity index is 301. The summed E-state index contributed by atoms with van der Waals surface area (Å²) >= 11 is 0. The van der Waals surface area contributed by atoms with Crippen molar-refractivity contribution >= 4 is 5.78 Å². The van der Waals surface area contributed by atoms with E-state index in [2.05, 4.69) is 9.97 Å². The van der Waals surface area contributed by atoms with E-state index in [9.17, 15) is 4.79 Å². The highest BCUT2D eigenvalue weighted by Gasteiger charge is 2.20. The van der Waals surface area contributed by atoms with E-state index in [1.807, 2.05) is 26.8 Å². The molecule has 1 rings (SSSR count). The van der Waals surface area contributed by atoms with Crippen LogP contribution < -0.4 is 0 Å². The zero-order chi connectivity index (χ0) is 10.6. The fourth-order valence-corrected chi connectivity index (χ4v) is 1.08. The SMILES string of the molecule is CC(C)(C)C(=O)CCc1ccncn1. The Hall–Kier alpha value is -1.25. The third-order valence-electron chi connectivity index (χ3n) is 2.09. The highest BCUT2D eigenvalue weighted by atomic mass is 16.1. The molecule has 3 heteroatoms. The third kappa shape index (κ3) is 3.24. The Morgan fingerprint density at radius 1 is 1.43 bits per heavy atom. The van der Waals surface area contributed by atoms with Gasteiger partial charge in [0.2, 0.25) is 0 Å². The number of aryl methyl sites for hydroxylation is 1. The lowest BCUT2D eigenvalue weighted by Crippen LogP contribution is -2.20. The Balaban J connectivity index is 2.46. The van der Waals surface area contributed by atoms with Gasteiger partial charge in [-0.25, -0.2) is 9.97 Å². The van der Waals surface area contributed by atoms with Crippen molar-refractivity contribution in [1.82, 2.24) is 9.97 Å². The van der Waals surface area contributed by atoms with Gasteiger partial charge in [-0.2, -0.15) is 0 Å². The molecule has 1 aromatic rings. The normalized spacial score (nSPS) is 11.4. The number of Topliss-reactive ketones (excluding diaryl/α,β-unsaturated/α-hetero) is 1. The number of rotatable bonds is 3.